The van der Waals surface area contributed by atoms with Gasteiger partial charge in [0.05, 0.1) is 26.2 Å². The van der Waals surface area contributed by atoms with Gasteiger partial charge in [0.2, 0.25) is 0 Å². The van der Waals surface area contributed by atoms with Gasteiger partial charge in [0, 0.05) is 11.3 Å². The van der Waals surface area contributed by atoms with Gasteiger partial charge in [-0.1, -0.05) is 66.7 Å². The molecule has 1 fully saturated rings. The fraction of sp³-hybridized carbons (Fsp3) is 0.200. The second-order valence-corrected chi connectivity index (χ2v) is 7.55. The summed E-state index contributed by atoms with van der Waals surface area (Å²) < 4.78 is 0. The van der Waals surface area contributed by atoms with Crippen LogP contribution in [0.1, 0.15) is 5.56 Å². The van der Waals surface area contributed by atoms with Crippen LogP contribution < -0.4 is 9.80 Å². The van der Waals surface area contributed by atoms with Gasteiger partial charge in [0.25, 0.3) is 0 Å². The van der Waals surface area contributed by atoms with Gasteiger partial charge in [0.1, 0.15) is 6.54 Å². The fourth-order valence-electron chi connectivity index (χ4n) is 4.45. The maximum absolute atomic E-state index is 2.52. The molecule has 0 spiro atoms. The zero-order valence-corrected chi connectivity index (χ0v) is 15.6. The van der Waals surface area contributed by atoms with Crippen LogP contribution in [0.4, 0.5) is 5.69 Å². The van der Waals surface area contributed by atoms with Gasteiger partial charge in [-0.3, -0.25) is 0 Å². The van der Waals surface area contributed by atoms with Gasteiger partial charge < -0.3 is 9.80 Å². The lowest BCUT2D eigenvalue weighted by Crippen LogP contribution is -3.13. The summed E-state index contributed by atoms with van der Waals surface area (Å²) in [4.78, 5) is 4.20. The molecule has 0 radical (unpaired) electrons. The Balaban J connectivity index is 1.43. The van der Waals surface area contributed by atoms with Crippen LogP contribution >= 0.6 is 0 Å². The molecule has 0 atom stereocenters. The molecule has 134 valence electrons. The highest BCUT2D eigenvalue weighted by Crippen LogP contribution is 2.28. The Morgan fingerprint density at radius 3 is 1.85 bits per heavy atom. The van der Waals surface area contributed by atoms with Crippen LogP contribution in [0.2, 0.25) is 0 Å². The molecule has 4 aromatic rings. The molecular formula is C25H25N2+. The maximum atomic E-state index is 2.52. The smallest absolute Gasteiger partial charge is 0.104 e. The van der Waals surface area contributed by atoms with Crippen LogP contribution in [-0.4, -0.2) is 26.2 Å². The van der Waals surface area contributed by atoms with E-state index in [2.05, 4.69) is 89.8 Å². The minimum atomic E-state index is 1.10. The summed E-state index contributed by atoms with van der Waals surface area (Å²) in [6.45, 7) is 5.73. The number of para-hydroxylation sites is 1. The summed E-state index contributed by atoms with van der Waals surface area (Å²) in [6, 6.07) is 30.8. The van der Waals surface area contributed by atoms with Crippen LogP contribution in [0.15, 0.2) is 84.9 Å². The van der Waals surface area contributed by atoms with E-state index in [4.69, 9.17) is 0 Å². The lowest BCUT2D eigenvalue weighted by Gasteiger charge is -2.34. The second kappa shape index (κ2) is 7.05. The zero-order chi connectivity index (χ0) is 18.1. The number of nitrogens with zero attached hydrogens (tertiary/aromatic N) is 1. The molecule has 0 aromatic heterocycles. The van der Waals surface area contributed by atoms with E-state index in [1.807, 2.05) is 0 Å². The van der Waals surface area contributed by atoms with Gasteiger partial charge in [-0.25, -0.2) is 0 Å². The van der Waals surface area contributed by atoms with Crippen molar-refractivity contribution in [3.05, 3.63) is 90.5 Å². The van der Waals surface area contributed by atoms with E-state index in [9.17, 15) is 0 Å². The topological polar surface area (TPSA) is 7.68 Å². The van der Waals surface area contributed by atoms with E-state index >= 15 is 0 Å². The SMILES string of the molecule is c1ccc(N2CC[NH+](Cc3c4ccccc4cc4ccccc34)CC2)cc1. The standard InChI is InChI=1S/C25H24N2/c1-2-10-22(11-3-1)27-16-14-26(15-17-27)19-25-23-12-6-4-8-20(23)18-21-9-5-7-13-24(21)25/h1-13,18H,14-17,19H2/p+1. The van der Waals surface area contributed by atoms with Gasteiger partial charge in [-0.05, 0) is 39.7 Å². The van der Waals surface area contributed by atoms with Crippen molar-refractivity contribution in [2.45, 2.75) is 6.54 Å². The minimum Gasteiger partial charge on any atom is -0.360 e. The van der Waals surface area contributed by atoms with Crippen molar-refractivity contribution >= 4 is 27.2 Å². The molecule has 0 aliphatic carbocycles. The third kappa shape index (κ3) is 3.17. The van der Waals surface area contributed by atoms with Crippen molar-refractivity contribution in [3.63, 3.8) is 0 Å². The predicted molar refractivity (Wildman–Crippen MR) is 115 cm³/mol. The first-order chi connectivity index (χ1) is 13.4. The van der Waals surface area contributed by atoms with E-state index < -0.39 is 0 Å². The third-order valence-electron chi connectivity index (χ3n) is 5.90. The van der Waals surface area contributed by atoms with Crippen molar-refractivity contribution < 1.29 is 4.90 Å². The van der Waals surface area contributed by atoms with Crippen LogP contribution in [0, 0.1) is 0 Å². The normalized spacial score (nSPS) is 15.5. The predicted octanol–water partition coefficient (Wildman–Crippen LogP) is 3.90. The third-order valence-corrected chi connectivity index (χ3v) is 5.90. The number of anilines is 1. The van der Waals surface area contributed by atoms with E-state index in [0.717, 1.165) is 19.6 Å². The Morgan fingerprint density at radius 1 is 0.667 bits per heavy atom. The minimum absolute atomic E-state index is 1.10. The zero-order valence-electron chi connectivity index (χ0n) is 15.6. The summed E-state index contributed by atoms with van der Waals surface area (Å²) in [5, 5.41) is 5.53. The average Bonchev–Trinajstić information content (AvgIpc) is 2.75. The number of benzene rings is 4. The molecule has 2 nitrogen and oxygen atoms in total. The number of rotatable bonds is 3. The van der Waals surface area contributed by atoms with Crippen LogP contribution in [0.25, 0.3) is 21.5 Å². The molecule has 1 saturated heterocycles. The number of quaternary nitrogens is 1. The van der Waals surface area contributed by atoms with E-state index in [1.54, 1.807) is 4.90 Å². The number of hydrogen-bond donors (Lipinski definition) is 1. The number of piperazine rings is 1. The van der Waals surface area contributed by atoms with Crippen molar-refractivity contribution in [2.24, 2.45) is 0 Å². The highest BCUT2D eigenvalue weighted by atomic mass is 15.3. The van der Waals surface area contributed by atoms with Crippen molar-refractivity contribution in [3.8, 4) is 0 Å². The van der Waals surface area contributed by atoms with E-state index in [-0.39, 0.29) is 0 Å². The molecule has 0 unspecified atom stereocenters. The summed E-state index contributed by atoms with van der Waals surface area (Å²) in [5.41, 5.74) is 2.86. The Labute approximate surface area is 160 Å². The molecule has 4 aromatic carbocycles. The van der Waals surface area contributed by atoms with E-state index in [1.165, 1.54) is 45.9 Å². The van der Waals surface area contributed by atoms with Crippen molar-refractivity contribution in [1.29, 1.82) is 0 Å². The van der Waals surface area contributed by atoms with Gasteiger partial charge in [-0.15, -0.1) is 0 Å². The van der Waals surface area contributed by atoms with Crippen LogP contribution in [-0.2, 0) is 6.54 Å². The van der Waals surface area contributed by atoms with Crippen LogP contribution in [0.3, 0.4) is 0 Å². The molecule has 1 aliphatic rings. The van der Waals surface area contributed by atoms with Crippen LogP contribution in [0.5, 0.6) is 0 Å². The molecular weight excluding hydrogens is 328 g/mol. The fourth-order valence-corrected chi connectivity index (χ4v) is 4.45. The summed E-state index contributed by atoms with van der Waals surface area (Å²) in [6.07, 6.45) is 0. The van der Waals surface area contributed by atoms with Gasteiger partial charge in [-0.2, -0.15) is 0 Å². The highest BCUT2D eigenvalue weighted by Gasteiger charge is 2.21. The Hall–Kier alpha value is -2.84. The molecule has 0 saturated carbocycles. The molecule has 2 heteroatoms. The Bertz CT molecular complexity index is 1010. The monoisotopic (exact) mass is 353 g/mol. The first-order valence-corrected chi connectivity index (χ1v) is 9.91. The van der Waals surface area contributed by atoms with E-state index in [0.29, 0.717) is 0 Å². The Morgan fingerprint density at radius 2 is 1.22 bits per heavy atom. The maximum Gasteiger partial charge on any atom is 0.104 e. The summed E-state index contributed by atoms with van der Waals surface area (Å²) in [7, 11) is 0. The molecule has 1 N–H and O–H groups in total. The summed E-state index contributed by atoms with van der Waals surface area (Å²) >= 11 is 0. The Kier molecular flexibility index (Phi) is 4.27. The number of fused-ring (bicyclic) bond motifs is 2. The van der Waals surface area contributed by atoms with Crippen molar-refractivity contribution in [2.75, 3.05) is 31.1 Å². The molecule has 1 heterocycles. The van der Waals surface area contributed by atoms with Gasteiger partial charge in [0.15, 0.2) is 0 Å². The molecule has 0 amide bonds. The first kappa shape index (κ1) is 16.3. The highest BCUT2D eigenvalue weighted by molar-refractivity contribution is 6.02. The molecule has 0 bridgehead atoms. The lowest BCUT2D eigenvalue weighted by atomic mass is 9.96. The average molecular weight is 353 g/mol. The van der Waals surface area contributed by atoms with Crippen molar-refractivity contribution in [1.82, 2.24) is 0 Å². The number of hydrogen-bond acceptors (Lipinski definition) is 1. The largest absolute Gasteiger partial charge is 0.360 e. The summed E-state index contributed by atoms with van der Waals surface area (Å²) in [5.74, 6) is 0. The first-order valence-electron chi connectivity index (χ1n) is 9.91. The molecule has 1 aliphatic heterocycles. The number of nitrogens with one attached hydrogen (secondary N) is 1. The van der Waals surface area contributed by atoms with Gasteiger partial charge >= 0.3 is 0 Å². The quantitative estimate of drug-likeness (QED) is 0.549. The molecule has 27 heavy (non-hydrogen) atoms. The molecule has 5 rings (SSSR count). The lowest BCUT2D eigenvalue weighted by molar-refractivity contribution is -0.914. The second-order valence-electron chi connectivity index (χ2n) is 7.55.